The van der Waals surface area contributed by atoms with E-state index in [0.717, 1.165) is 12.8 Å². The second kappa shape index (κ2) is 2.80. The lowest BCUT2D eigenvalue weighted by molar-refractivity contribution is -0.401. The molecule has 2 heterocycles. The molecule has 0 bridgehead atoms. The lowest BCUT2D eigenvalue weighted by Crippen LogP contribution is -2.78. The Morgan fingerprint density at radius 1 is 1.25 bits per heavy atom. The minimum Gasteiger partial charge on any atom is -0.372 e. The zero-order chi connectivity index (χ0) is 11.0. The van der Waals surface area contributed by atoms with Crippen molar-refractivity contribution in [2.75, 3.05) is 20.3 Å². The first-order valence-corrected chi connectivity index (χ1v) is 6.24. The van der Waals surface area contributed by atoms with Gasteiger partial charge in [-0.05, 0) is 12.8 Å². The largest absolute Gasteiger partial charge is 0.372 e. The zero-order valence-corrected chi connectivity index (χ0v) is 9.77. The average molecular weight is 226 g/mol. The average Bonchev–Trinajstić information content (AvgIpc) is 2.88. The van der Waals surface area contributed by atoms with Crippen molar-refractivity contribution >= 4 is 0 Å². The van der Waals surface area contributed by atoms with Gasteiger partial charge in [-0.1, -0.05) is 6.92 Å². The smallest absolute Gasteiger partial charge is 0.201 e. The van der Waals surface area contributed by atoms with Crippen molar-refractivity contribution < 1.29 is 18.9 Å². The van der Waals surface area contributed by atoms with Crippen molar-refractivity contribution in [3.05, 3.63) is 0 Å². The van der Waals surface area contributed by atoms with Gasteiger partial charge in [0.15, 0.2) is 0 Å². The van der Waals surface area contributed by atoms with E-state index in [-0.39, 0.29) is 5.60 Å². The zero-order valence-electron chi connectivity index (χ0n) is 9.77. The maximum absolute atomic E-state index is 5.92. The summed E-state index contributed by atoms with van der Waals surface area (Å²) in [6.45, 7) is 3.59. The summed E-state index contributed by atoms with van der Waals surface area (Å²) in [6.07, 6.45) is 2.95. The molecule has 4 heteroatoms. The molecule has 2 aliphatic carbocycles. The van der Waals surface area contributed by atoms with Crippen molar-refractivity contribution in [2.45, 2.75) is 43.4 Å². The summed E-state index contributed by atoms with van der Waals surface area (Å²) in [6, 6.07) is 0. The Labute approximate surface area is 95.2 Å². The van der Waals surface area contributed by atoms with Crippen LogP contribution in [0.15, 0.2) is 0 Å². The van der Waals surface area contributed by atoms with Crippen LogP contribution in [-0.4, -0.2) is 43.9 Å². The molecule has 4 aliphatic rings. The molecule has 1 unspecified atom stereocenters. The summed E-state index contributed by atoms with van der Waals surface area (Å²) < 4.78 is 23.4. The molecule has 2 aliphatic heterocycles. The third-order valence-corrected chi connectivity index (χ3v) is 5.12. The SMILES string of the molecule is CO[C@@]12CC[C@H]3O[C@H]3[C@@H]1C(C)C21OCCO1. The molecule has 5 atom stereocenters. The van der Waals surface area contributed by atoms with Gasteiger partial charge in [0.1, 0.15) is 5.60 Å². The molecule has 0 amide bonds. The normalized spacial score (nSPS) is 56.6. The van der Waals surface area contributed by atoms with Crippen molar-refractivity contribution in [2.24, 2.45) is 11.8 Å². The van der Waals surface area contributed by atoms with Gasteiger partial charge < -0.3 is 18.9 Å². The molecule has 16 heavy (non-hydrogen) atoms. The van der Waals surface area contributed by atoms with Crippen LogP contribution in [0, 0.1) is 11.8 Å². The molecule has 0 aromatic carbocycles. The summed E-state index contributed by atoms with van der Waals surface area (Å²) in [7, 11) is 1.79. The lowest BCUT2D eigenvalue weighted by atomic mass is 9.51. The van der Waals surface area contributed by atoms with Crippen LogP contribution in [0.25, 0.3) is 0 Å². The van der Waals surface area contributed by atoms with E-state index in [0.29, 0.717) is 37.3 Å². The van der Waals surface area contributed by atoms with E-state index in [1.54, 1.807) is 7.11 Å². The summed E-state index contributed by atoms with van der Waals surface area (Å²) in [5.41, 5.74) is -0.249. The van der Waals surface area contributed by atoms with Gasteiger partial charge in [0.25, 0.3) is 0 Å². The van der Waals surface area contributed by atoms with Crippen LogP contribution in [0.1, 0.15) is 19.8 Å². The van der Waals surface area contributed by atoms with Gasteiger partial charge >= 0.3 is 0 Å². The molecule has 0 N–H and O–H groups in total. The topological polar surface area (TPSA) is 40.2 Å². The number of rotatable bonds is 1. The summed E-state index contributed by atoms with van der Waals surface area (Å²) in [5, 5.41) is 0. The number of hydrogen-bond donors (Lipinski definition) is 0. The lowest BCUT2D eigenvalue weighted by Gasteiger charge is -2.64. The van der Waals surface area contributed by atoms with Crippen LogP contribution in [0.2, 0.25) is 0 Å². The Morgan fingerprint density at radius 3 is 2.69 bits per heavy atom. The highest BCUT2D eigenvalue weighted by molar-refractivity contribution is 5.24. The number of fused-ring (bicyclic) bond motifs is 4. The minimum atomic E-state index is -0.483. The number of hydrogen-bond acceptors (Lipinski definition) is 4. The number of epoxide rings is 1. The first kappa shape index (κ1) is 9.83. The van der Waals surface area contributed by atoms with Gasteiger partial charge in [0.2, 0.25) is 5.79 Å². The molecule has 2 saturated heterocycles. The Balaban J connectivity index is 1.74. The summed E-state index contributed by atoms with van der Waals surface area (Å²) >= 11 is 0. The fraction of sp³-hybridized carbons (Fsp3) is 1.00. The van der Waals surface area contributed by atoms with Crippen LogP contribution >= 0.6 is 0 Å². The molecule has 4 rings (SSSR count). The van der Waals surface area contributed by atoms with Crippen molar-refractivity contribution in [3.63, 3.8) is 0 Å². The van der Waals surface area contributed by atoms with E-state index < -0.39 is 5.79 Å². The highest BCUT2D eigenvalue weighted by Gasteiger charge is 2.80. The monoisotopic (exact) mass is 226 g/mol. The molecule has 4 fully saturated rings. The number of methoxy groups -OCH3 is 1. The van der Waals surface area contributed by atoms with E-state index in [1.165, 1.54) is 0 Å². The van der Waals surface area contributed by atoms with Crippen molar-refractivity contribution in [1.82, 2.24) is 0 Å². The fourth-order valence-corrected chi connectivity index (χ4v) is 4.43. The van der Waals surface area contributed by atoms with Gasteiger partial charge in [-0.25, -0.2) is 0 Å². The molecule has 1 spiro atoms. The van der Waals surface area contributed by atoms with Crippen LogP contribution in [-0.2, 0) is 18.9 Å². The van der Waals surface area contributed by atoms with E-state index >= 15 is 0 Å². The molecule has 0 aromatic rings. The van der Waals surface area contributed by atoms with Gasteiger partial charge in [-0.3, -0.25) is 0 Å². The highest BCUT2D eigenvalue weighted by atomic mass is 16.8. The second-order valence-corrected chi connectivity index (χ2v) is 5.45. The predicted molar refractivity (Wildman–Crippen MR) is 54.9 cm³/mol. The Hall–Kier alpha value is -0.160. The molecule has 2 saturated carbocycles. The third kappa shape index (κ3) is 0.817. The van der Waals surface area contributed by atoms with Crippen LogP contribution in [0.3, 0.4) is 0 Å². The third-order valence-electron chi connectivity index (χ3n) is 5.12. The molecule has 0 radical (unpaired) electrons. The van der Waals surface area contributed by atoms with Crippen LogP contribution < -0.4 is 0 Å². The molecular formula is C12H18O4. The first-order chi connectivity index (χ1) is 7.75. The Morgan fingerprint density at radius 2 is 2.00 bits per heavy atom. The summed E-state index contributed by atoms with van der Waals surface area (Å²) in [5.74, 6) is 0.350. The first-order valence-electron chi connectivity index (χ1n) is 6.24. The fourth-order valence-electron chi connectivity index (χ4n) is 4.43. The maximum atomic E-state index is 5.92. The van der Waals surface area contributed by atoms with Crippen LogP contribution in [0.5, 0.6) is 0 Å². The van der Waals surface area contributed by atoms with E-state index in [9.17, 15) is 0 Å². The molecule has 4 nitrogen and oxygen atoms in total. The van der Waals surface area contributed by atoms with Crippen molar-refractivity contribution in [1.29, 1.82) is 0 Å². The highest BCUT2D eigenvalue weighted by Crippen LogP contribution is 2.67. The predicted octanol–water partition coefficient (Wildman–Crippen LogP) is 0.942. The number of ether oxygens (including phenoxy) is 4. The van der Waals surface area contributed by atoms with Gasteiger partial charge in [0, 0.05) is 18.9 Å². The second-order valence-electron chi connectivity index (χ2n) is 5.45. The van der Waals surface area contributed by atoms with Crippen LogP contribution in [0.4, 0.5) is 0 Å². The standard InChI is InChI=1S/C12H18O4/c1-7-9-10-8(16-10)3-4-11(9,13-2)12(7)14-5-6-15-12/h7-10H,3-6H2,1-2H3/t7?,8-,9+,10-,11+/m1/s1. The molecule has 0 aromatic heterocycles. The van der Waals surface area contributed by atoms with E-state index in [4.69, 9.17) is 18.9 Å². The Bertz CT molecular complexity index is 325. The van der Waals surface area contributed by atoms with Gasteiger partial charge in [0.05, 0.1) is 25.4 Å². The molecule has 90 valence electrons. The molecular weight excluding hydrogens is 208 g/mol. The quantitative estimate of drug-likeness (QED) is 0.624. The van der Waals surface area contributed by atoms with Gasteiger partial charge in [-0.2, -0.15) is 0 Å². The minimum absolute atomic E-state index is 0.249. The van der Waals surface area contributed by atoms with E-state index in [2.05, 4.69) is 6.92 Å². The van der Waals surface area contributed by atoms with Crippen molar-refractivity contribution in [3.8, 4) is 0 Å². The Kier molecular flexibility index (Phi) is 1.72. The van der Waals surface area contributed by atoms with Gasteiger partial charge in [-0.15, -0.1) is 0 Å². The van der Waals surface area contributed by atoms with E-state index in [1.807, 2.05) is 0 Å². The maximum Gasteiger partial charge on any atom is 0.201 e. The summed E-state index contributed by atoms with van der Waals surface area (Å²) in [4.78, 5) is 0.